The van der Waals surface area contributed by atoms with E-state index in [9.17, 15) is 24.3 Å². The number of imide groups is 1. The summed E-state index contributed by atoms with van der Waals surface area (Å²) in [6.45, 7) is 1.81. The highest BCUT2D eigenvalue weighted by Gasteiger charge is 2.37. The summed E-state index contributed by atoms with van der Waals surface area (Å²) >= 11 is 6.06. The minimum absolute atomic E-state index is 0.0524. The Morgan fingerprint density at radius 1 is 0.959 bits per heavy atom. The molecule has 10 nitrogen and oxygen atoms in total. The Labute approximate surface area is 285 Å². The summed E-state index contributed by atoms with van der Waals surface area (Å²) in [5, 5.41) is 12.9. The summed E-state index contributed by atoms with van der Waals surface area (Å²) in [6.07, 6.45) is 2.35. The average molecular weight is 677 g/mol. The van der Waals surface area contributed by atoms with E-state index in [4.69, 9.17) is 25.5 Å². The number of rotatable bonds is 8. The number of allylic oxidation sites excluding steroid dienone is 1. The van der Waals surface area contributed by atoms with Crippen LogP contribution in [0, 0.1) is 6.92 Å². The van der Waals surface area contributed by atoms with Gasteiger partial charge in [0.1, 0.15) is 5.58 Å². The largest absolute Gasteiger partial charge is 0.464 e. The van der Waals surface area contributed by atoms with Crippen molar-refractivity contribution in [3.63, 3.8) is 0 Å². The van der Waals surface area contributed by atoms with Crippen molar-refractivity contribution < 1.29 is 33.4 Å². The van der Waals surface area contributed by atoms with Crippen LogP contribution in [0.3, 0.4) is 0 Å². The van der Waals surface area contributed by atoms with E-state index in [1.165, 1.54) is 18.4 Å². The highest BCUT2D eigenvalue weighted by atomic mass is 35.5. The van der Waals surface area contributed by atoms with Crippen LogP contribution in [0.25, 0.3) is 11.0 Å². The number of aliphatic hydroxyl groups excluding tert-OH is 1. The highest BCUT2D eigenvalue weighted by Crippen LogP contribution is 2.35. The molecule has 2 N–H and O–H groups in total. The standard InChI is InChI=1S/C38H29ClN2O8/c1-21-14-26(11-13-31(21)41-37(45)27-12-10-25(39)17-29(27)38(41)46)40-36(44)33-15-24(30-20-47-32-5-3-2-4-28(32)35(30)43)16-34(49-33)48-19-23-8-6-22(18-42)7-9-23/h2-15,17,20,24,34,42H,16,18-19H2,1H3,(H,40,44). The lowest BCUT2D eigenvalue weighted by Crippen LogP contribution is -2.31. The predicted molar refractivity (Wildman–Crippen MR) is 182 cm³/mol. The second-order valence-electron chi connectivity index (χ2n) is 11.8. The second kappa shape index (κ2) is 13.2. The first-order chi connectivity index (χ1) is 23.7. The number of aliphatic hydroxyl groups is 1. The highest BCUT2D eigenvalue weighted by molar-refractivity contribution is 6.37. The number of hydrogen-bond donors (Lipinski definition) is 2. The molecule has 3 amide bonds. The first-order valence-electron chi connectivity index (χ1n) is 15.5. The average Bonchev–Trinajstić information content (AvgIpc) is 3.35. The summed E-state index contributed by atoms with van der Waals surface area (Å²) in [5.41, 5.74) is 4.01. The van der Waals surface area contributed by atoms with Crippen LogP contribution >= 0.6 is 11.6 Å². The van der Waals surface area contributed by atoms with Crippen molar-refractivity contribution in [3.05, 3.63) is 152 Å². The third kappa shape index (κ3) is 6.25. The van der Waals surface area contributed by atoms with Gasteiger partial charge in [-0.2, -0.15) is 0 Å². The van der Waals surface area contributed by atoms with E-state index in [2.05, 4.69) is 5.32 Å². The van der Waals surface area contributed by atoms with E-state index >= 15 is 0 Å². The van der Waals surface area contributed by atoms with Gasteiger partial charge >= 0.3 is 0 Å². The molecule has 4 aromatic carbocycles. The van der Waals surface area contributed by atoms with Crippen LogP contribution in [-0.4, -0.2) is 29.1 Å². The number of ether oxygens (including phenoxy) is 2. The Kier molecular flexibility index (Phi) is 8.60. The van der Waals surface area contributed by atoms with Crippen molar-refractivity contribution in [2.45, 2.75) is 38.8 Å². The molecular formula is C38H29ClN2O8. The Morgan fingerprint density at radius 2 is 1.71 bits per heavy atom. The van der Waals surface area contributed by atoms with Gasteiger partial charge in [0.15, 0.2) is 11.2 Å². The van der Waals surface area contributed by atoms with Crippen molar-refractivity contribution in [1.82, 2.24) is 0 Å². The molecule has 1 aromatic heterocycles. The molecule has 3 heterocycles. The summed E-state index contributed by atoms with van der Waals surface area (Å²) < 4.78 is 17.9. The van der Waals surface area contributed by atoms with Gasteiger partial charge in [-0.1, -0.05) is 48.0 Å². The molecule has 2 aliphatic rings. The molecule has 11 heteroatoms. The second-order valence-corrected chi connectivity index (χ2v) is 12.2. The summed E-state index contributed by atoms with van der Waals surface area (Å²) in [6, 6.07) is 23.6. The van der Waals surface area contributed by atoms with E-state index in [1.807, 2.05) is 12.1 Å². The Balaban J connectivity index is 1.14. The van der Waals surface area contributed by atoms with E-state index in [0.29, 0.717) is 38.5 Å². The Hall–Kier alpha value is -5.55. The van der Waals surface area contributed by atoms with Gasteiger partial charge in [0.25, 0.3) is 17.7 Å². The van der Waals surface area contributed by atoms with Gasteiger partial charge in [-0.05, 0) is 78.2 Å². The smallest absolute Gasteiger partial charge is 0.290 e. The fourth-order valence-electron chi connectivity index (χ4n) is 6.02. The topological polar surface area (TPSA) is 135 Å². The molecule has 5 aromatic rings. The zero-order valence-electron chi connectivity index (χ0n) is 26.1. The molecule has 0 spiro atoms. The van der Waals surface area contributed by atoms with Crippen LogP contribution in [0.4, 0.5) is 11.4 Å². The zero-order valence-corrected chi connectivity index (χ0v) is 26.9. The van der Waals surface area contributed by atoms with Crippen molar-refractivity contribution in [1.29, 1.82) is 0 Å². The van der Waals surface area contributed by atoms with E-state index < -0.39 is 29.9 Å². The monoisotopic (exact) mass is 676 g/mol. The maximum absolute atomic E-state index is 13.7. The van der Waals surface area contributed by atoms with E-state index in [-0.39, 0.29) is 41.9 Å². The summed E-state index contributed by atoms with van der Waals surface area (Å²) in [4.78, 5) is 54.5. The minimum Gasteiger partial charge on any atom is -0.464 e. The molecule has 0 bridgehead atoms. The fraction of sp³-hybridized carbons (Fsp3) is 0.158. The number of hydrogen-bond acceptors (Lipinski definition) is 8. The number of carbonyl (C=O) groups excluding carboxylic acids is 3. The zero-order chi connectivity index (χ0) is 34.2. The number of anilines is 2. The van der Waals surface area contributed by atoms with E-state index in [0.717, 1.165) is 16.0 Å². The Bertz CT molecular complexity index is 2230. The van der Waals surface area contributed by atoms with E-state index in [1.54, 1.807) is 73.7 Å². The van der Waals surface area contributed by atoms with Gasteiger partial charge in [-0.3, -0.25) is 19.2 Å². The number of fused-ring (bicyclic) bond motifs is 2. The van der Waals surface area contributed by atoms with Crippen molar-refractivity contribution in [2.75, 3.05) is 10.2 Å². The molecule has 246 valence electrons. The molecule has 0 saturated carbocycles. The van der Waals surface area contributed by atoms with Crippen LogP contribution < -0.4 is 15.6 Å². The SMILES string of the molecule is Cc1cc(NC(=O)C2=CC(c3coc4ccccc4c3=O)CC(OCc3ccc(CO)cc3)O2)ccc1N1C(=O)c2ccc(Cl)cc2C1=O. The molecule has 49 heavy (non-hydrogen) atoms. The molecule has 0 aliphatic carbocycles. The van der Waals surface area contributed by atoms with Crippen LogP contribution in [0.5, 0.6) is 0 Å². The van der Waals surface area contributed by atoms with Crippen LogP contribution in [-0.2, 0) is 27.5 Å². The molecular weight excluding hydrogens is 648 g/mol. The summed E-state index contributed by atoms with van der Waals surface area (Å²) in [5.74, 6) is -2.15. The third-order valence-corrected chi connectivity index (χ3v) is 8.81. The van der Waals surface area contributed by atoms with Gasteiger partial charge in [-0.15, -0.1) is 0 Å². The normalized spacial score (nSPS) is 17.1. The van der Waals surface area contributed by atoms with Crippen LogP contribution in [0.1, 0.15) is 55.3 Å². The van der Waals surface area contributed by atoms with Gasteiger partial charge in [-0.25, -0.2) is 4.90 Å². The first-order valence-corrected chi connectivity index (χ1v) is 15.9. The molecule has 0 fully saturated rings. The lowest BCUT2D eigenvalue weighted by Gasteiger charge is -2.29. The molecule has 7 rings (SSSR count). The molecule has 2 unspecified atom stereocenters. The number of amides is 3. The van der Waals surface area contributed by atoms with Crippen LogP contribution in [0.15, 0.2) is 112 Å². The maximum atomic E-state index is 13.7. The van der Waals surface area contributed by atoms with Gasteiger partial charge in [0.2, 0.25) is 6.29 Å². The maximum Gasteiger partial charge on any atom is 0.290 e. The number of para-hydroxylation sites is 1. The number of aryl methyl sites for hydroxylation is 1. The minimum atomic E-state index is -0.884. The van der Waals surface area contributed by atoms with Crippen LogP contribution in [0.2, 0.25) is 5.02 Å². The molecule has 0 saturated heterocycles. The number of carbonyl (C=O) groups is 3. The molecule has 0 radical (unpaired) electrons. The third-order valence-electron chi connectivity index (χ3n) is 8.57. The van der Waals surface area contributed by atoms with Gasteiger partial charge in [0.05, 0.1) is 41.7 Å². The fourth-order valence-corrected chi connectivity index (χ4v) is 6.19. The Morgan fingerprint density at radius 3 is 2.49 bits per heavy atom. The van der Waals surface area contributed by atoms with Crippen molar-refractivity contribution in [2.24, 2.45) is 0 Å². The predicted octanol–water partition coefficient (Wildman–Crippen LogP) is 6.62. The number of nitrogens with one attached hydrogen (secondary N) is 1. The number of halogens is 1. The number of benzene rings is 4. The van der Waals surface area contributed by atoms with Gasteiger partial charge < -0.3 is 24.3 Å². The molecule has 2 aliphatic heterocycles. The lowest BCUT2D eigenvalue weighted by molar-refractivity contribution is -0.147. The summed E-state index contributed by atoms with van der Waals surface area (Å²) in [7, 11) is 0. The van der Waals surface area contributed by atoms with Crippen molar-refractivity contribution in [3.8, 4) is 0 Å². The first kappa shape index (κ1) is 32.0. The van der Waals surface area contributed by atoms with Crippen molar-refractivity contribution >= 4 is 51.7 Å². The number of nitrogens with zero attached hydrogens (tertiary/aromatic N) is 1. The molecule has 2 atom stereocenters. The quantitative estimate of drug-likeness (QED) is 0.175. The van der Waals surface area contributed by atoms with Gasteiger partial charge in [0, 0.05) is 28.6 Å². The lowest BCUT2D eigenvalue weighted by atomic mass is 9.93.